The zero-order valence-electron chi connectivity index (χ0n) is 13.2. The van der Waals surface area contributed by atoms with Gasteiger partial charge in [0.15, 0.2) is 0 Å². The second-order valence-corrected chi connectivity index (χ2v) is 6.46. The van der Waals surface area contributed by atoms with Crippen LogP contribution in [0.4, 0.5) is 5.69 Å². The third-order valence-corrected chi connectivity index (χ3v) is 4.72. The number of rotatable bonds is 4. The lowest BCUT2D eigenvalue weighted by molar-refractivity contribution is 0.381. The summed E-state index contributed by atoms with van der Waals surface area (Å²) in [4.78, 5) is 2.38. The normalized spacial score (nSPS) is 17.7. The average Bonchev–Trinajstić information content (AvgIpc) is 2.95. The maximum Gasteiger partial charge on any atom is 0.0639 e. The fourth-order valence-corrected chi connectivity index (χ4v) is 3.36. The van der Waals surface area contributed by atoms with E-state index in [1.54, 1.807) is 0 Å². The van der Waals surface area contributed by atoms with Gasteiger partial charge in [-0.15, -0.1) is 0 Å². The lowest BCUT2D eigenvalue weighted by Gasteiger charge is -2.35. The van der Waals surface area contributed by atoms with E-state index in [1.807, 2.05) is 30.1 Å². The summed E-state index contributed by atoms with van der Waals surface area (Å²) in [7, 11) is 1.96. The van der Waals surface area contributed by atoms with Crippen molar-refractivity contribution in [2.75, 3.05) is 18.0 Å². The van der Waals surface area contributed by atoms with Gasteiger partial charge in [0.1, 0.15) is 0 Å². The summed E-state index contributed by atoms with van der Waals surface area (Å²) in [6, 6.07) is 8.99. The summed E-state index contributed by atoms with van der Waals surface area (Å²) < 4.78 is 1.85. The van der Waals surface area contributed by atoms with Gasteiger partial charge in [0.2, 0.25) is 0 Å². The molecular formula is C17H23ClN4. The largest absolute Gasteiger partial charge is 0.370 e. The summed E-state index contributed by atoms with van der Waals surface area (Å²) in [5.41, 5.74) is 2.40. The minimum absolute atomic E-state index is 0.338. The monoisotopic (exact) mass is 318 g/mol. The summed E-state index contributed by atoms with van der Waals surface area (Å²) in [6.45, 7) is 4.29. The van der Waals surface area contributed by atoms with Gasteiger partial charge >= 0.3 is 0 Å². The van der Waals surface area contributed by atoms with Gasteiger partial charge in [-0.3, -0.25) is 4.68 Å². The van der Waals surface area contributed by atoms with E-state index < -0.39 is 0 Å². The van der Waals surface area contributed by atoms with Crippen LogP contribution in [0.3, 0.4) is 0 Å². The molecule has 0 bridgehead atoms. The van der Waals surface area contributed by atoms with E-state index in [0.717, 1.165) is 36.6 Å². The third-order valence-electron chi connectivity index (χ3n) is 4.40. The van der Waals surface area contributed by atoms with Crippen LogP contribution in [0.15, 0.2) is 36.7 Å². The number of halogens is 1. The predicted octanol–water partition coefficient (Wildman–Crippen LogP) is 3.39. The van der Waals surface area contributed by atoms with Crippen LogP contribution < -0.4 is 10.2 Å². The number of hydrogen-bond acceptors (Lipinski definition) is 3. The Balaban J connectivity index is 1.55. The Morgan fingerprint density at radius 1 is 1.27 bits per heavy atom. The fourth-order valence-electron chi connectivity index (χ4n) is 3.11. The smallest absolute Gasteiger partial charge is 0.0639 e. The molecule has 1 N–H and O–H groups in total. The molecule has 3 rings (SSSR count). The summed E-state index contributed by atoms with van der Waals surface area (Å²) in [5.74, 6) is 0. The quantitative estimate of drug-likeness (QED) is 0.938. The summed E-state index contributed by atoms with van der Waals surface area (Å²) >= 11 is 6.29. The first-order chi connectivity index (χ1) is 10.6. The van der Waals surface area contributed by atoms with E-state index >= 15 is 0 Å². The van der Waals surface area contributed by atoms with Crippen molar-refractivity contribution >= 4 is 17.3 Å². The van der Waals surface area contributed by atoms with Gasteiger partial charge in [0, 0.05) is 44.0 Å². The minimum Gasteiger partial charge on any atom is -0.370 e. The van der Waals surface area contributed by atoms with Crippen LogP contribution >= 0.6 is 11.6 Å². The van der Waals surface area contributed by atoms with Crippen LogP contribution in [0.2, 0.25) is 5.02 Å². The number of nitrogens with zero attached hydrogens (tertiary/aromatic N) is 3. The lowest BCUT2D eigenvalue weighted by Crippen LogP contribution is -2.43. The van der Waals surface area contributed by atoms with Crippen molar-refractivity contribution in [1.82, 2.24) is 15.1 Å². The van der Waals surface area contributed by atoms with Gasteiger partial charge in [0.05, 0.1) is 16.9 Å². The van der Waals surface area contributed by atoms with E-state index in [-0.39, 0.29) is 0 Å². The van der Waals surface area contributed by atoms with Gasteiger partial charge in [-0.05, 0) is 31.9 Å². The van der Waals surface area contributed by atoms with Crippen molar-refractivity contribution < 1.29 is 0 Å². The molecule has 2 aromatic rings. The van der Waals surface area contributed by atoms with Crippen molar-refractivity contribution in [2.45, 2.75) is 31.8 Å². The van der Waals surface area contributed by atoms with Gasteiger partial charge in [0.25, 0.3) is 0 Å². The molecule has 5 heteroatoms. The molecule has 0 saturated carbocycles. The second kappa shape index (κ2) is 6.71. The van der Waals surface area contributed by atoms with E-state index in [0.29, 0.717) is 12.1 Å². The molecule has 118 valence electrons. The molecule has 4 nitrogen and oxygen atoms in total. The Hall–Kier alpha value is -1.52. The number of aromatic nitrogens is 2. The Kier molecular flexibility index (Phi) is 4.69. The van der Waals surface area contributed by atoms with Crippen molar-refractivity contribution in [3.05, 3.63) is 47.2 Å². The Labute approximate surface area is 137 Å². The molecule has 2 heterocycles. The number of nitrogens with one attached hydrogen (secondary N) is 1. The maximum absolute atomic E-state index is 6.29. The number of piperidine rings is 1. The lowest BCUT2D eigenvalue weighted by atomic mass is 10.0. The molecule has 1 aliphatic heterocycles. The Bertz CT molecular complexity index is 617. The molecule has 0 unspecified atom stereocenters. The van der Waals surface area contributed by atoms with Gasteiger partial charge in [-0.1, -0.05) is 23.7 Å². The molecule has 0 spiro atoms. The first kappa shape index (κ1) is 15.4. The van der Waals surface area contributed by atoms with Crippen LogP contribution in [-0.2, 0) is 7.05 Å². The molecular weight excluding hydrogens is 296 g/mol. The number of benzene rings is 1. The van der Waals surface area contributed by atoms with Gasteiger partial charge < -0.3 is 10.2 Å². The highest BCUT2D eigenvalue weighted by Crippen LogP contribution is 2.28. The molecule has 1 aromatic heterocycles. The predicted molar refractivity (Wildman–Crippen MR) is 91.4 cm³/mol. The van der Waals surface area contributed by atoms with Crippen LogP contribution in [-0.4, -0.2) is 28.9 Å². The maximum atomic E-state index is 6.29. The van der Waals surface area contributed by atoms with Gasteiger partial charge in [-0.25, -0.2) is 0 Å². The van der Waals surface area contributed by atoms with Gasteiger partial charge in [-0.2, -0.15) is 5.10 Å². The van der Waals surface area contributed by atoms with Crippen molar-refractivity contribution in [2.24, 2.45) is 7.05 Å². The van der Waals surface area contributed by atoms with Crippen molar-refractivity contribution in [3.8, 4) is 0 Å². The van der Waals surface area contributed by atoms with Crippen LogP contribution in [0.25, 0.3) is 0 Å². The van der Waals surface area contributed by atoms with Crippen LogP contribution in [0, 0.1) is 0 Å². The molecule has 1 fully saturated rings. The minimum atomic E-state index is 0.338. The first-order valence-electron chi connectivity index (χ1n) is 7.87. The molecule has 0 amide bonds. The summed E-state index contributed by atoms with van der Waals surface area (Å²) in [6.07, 6.45) is 6.29. The summed E-state index contributed by atoms with van der Waals surface area (Å²) in [5, 5.41) is 8.81. The fraction of sp³-hybridized carbons (Fsp3) is 0.471. The standard InChI is InChI=1S/C17H23ClN4/c1-13(14-11-19-21(2)12-14)20-15-7-9-22(10-8-15)17-6-4-3-5-16(17)18/h3-6,11-13,15,20H,7-10H2,1-2H3/t13-/m0/s1. The molecule has 0 aliphatic carbocycles. The molecule has 1 aliphatic rings. The highest BCUT2D eigenvalue weighted by molar-refractivity contribution is 6.33. The van der Waals surface area contributed by atoms with E-state index in [2.05, 4.69) is 40.6 Å². The zero-order valence-corrected chi connectivity index (χ0v) is 13.9. The number of para-hydroxylation sites is 1. The highest BCUT2D eigenvalue weighted by atomic mass is 35.5. The zero-order chi connectivity index (χ0) is 15.5. The highest BCUT2D eigenvalue weighted by Gasteiger charge is 2.22. The topological polar surface area (TPSA) is 33.1 Å². The van der Waals surface area contributed by atoms with E-state index in [9.17, 15) is 0 Å². The number of aryl methyl sites for hydroxylation is 1. The van der Waals surface area contributed by atoms with E-state index in [4.69, 9.17) is 11.6 Å². The van der Waals surface area contributed by atoms with E-state index in [1.165, 1.54) is 5.56 Å². The molecule has 1 atom stereocenters. The third kappa shape index (κ3) is 3.45. The molecule has 1 saturated heterocycles. The van der Waals surface area contributed by atoms with Crippen molar-refractivity contribution in [3.63, 3.8) is 0 Å². The molecule has 0 radical (unpaired) electrons. The Morgan fingerprint density at radius 3 is 2.64 bits per heavy atom. The SMILES string of the molecule is C[C@H](NC1CCN(c2ccccc2Cl)CC1)c1cnn(C)c1. The van der Waals surface area contributed by atoms with Crippen molar-refractivity contribution in [1.29, 1.82) is 0 Å². The van der Waals surface area contributed by atoms with Crippen LogP contribution in [0.1, 0.15) is 31.4 Å². The molecule has 22 heavy (non-hydrogen) atoms. The molecule has 1 aromatic carbocycles. The first-order valence-corrected chi connectivity index (χ1v) is 8.25. The number of hydrogen-bond donors (Lipinski definition) is 1. The van der Waals surface area contributed by atoms with Crippen LogP contribution in [0.5, 0.6) is 0 Å². The second-order valence-electron chi connectivity index (χ2n) is 6.05. The Morgan fingerprint density at radius 2 is 2.00 bits per heavy atom. The number of anilines is 1. The average molecular weight is 319 g/mol.